The molecule has 3 nitrogen and oxygen atoms in total. The quantitative estimate of drug-likeness (QED) is 0.635. The van der Waals surface area contributed by atoms with Crippen molar-refractivity contribution in [3.63, 3.8) is 0 Å². The number of benzene rings is 1. The van der Waals surface area contributed by atoms with Crippen LogP contribution in [0.5, 0.6) is 0 Å². The second-order valence-electron chi connectivity index (χ2n) is 3.27. The summed E-state index contributed by atoms with van der Waals surface area (Å²) in [4.78, 5) is 0.164. The monoisotopic (exact) mass is 238 g/mol. The molecule has 1 aromatic carbocycles. The van der Waals surface area contributed by atoms with E-state index < -0.39 is 10.0 Å². The molecule has 0 heterocycles. The Kier molecular flexibility index (Phi) is 6.06. The first kappa shape index (κ1) is 14.8. The summed E-state index contributed by atoms with van der Waals surface area (Å²) in [5.74, 6) is 0.398. The Morgan fingerprint density at radius 2 is 1.57 bits per heavy atom. The molecule has 14 heavy (non-hydrogen) atoms. The minimum absolute atomic E-state index is 0. The van der Waals surface area contributed by atoms with Crippen LogP contribution in [-0.4, -0.2) is 8.42 Å². The zero-order valence-corrected chi connectivity index (χ0v) is 12.6. The second-order valence-corrected chi connectivity index (χ2v) is 4.83. The normalized spacial score (nSPS) is 11.1. The van der Waals surface area contributed by atoms with Crippen LogP contribution >= 0.6 is 0 Å². The maximum atomic E-state index is 10.9. The van der Waals surface area contributed by atoms with E-state index in [1.807, 2.05) is 13.8 Å². The van der Waals surface area contributed by atoms with Crippen LogP contribution in [0, 0.1) is 0 Å². The third-order valence-electron chi connectivity index (χ3n) is 1.88. The summed E-state index contributed by atoms with van der Waals surface area (Å²) in [5, 5.41) is 4.96. The van der Waals surface area contributed by atoms with Gasteiger partial charge in [-0.2, -0.15) is 0 Å². The fourth-order valence-electron chi connectivity index (χ4n) is 1.04. The van der Waals surface area contributed by atoms with Gasteiger partial charge in [-0.1, -0.05) is 26.0 Å². The molecule has 2 N–H and O–H groups in total. The van der Waals surface area contributed by atoms with Gasteiger partial charge in [0.25, 0.3) is 0 Å². The van der Waals surface area contributed by atoms with Gasteiger partial charge in [-0.25, -0.2) is 13.6 Å². The van der Waals surface area contributed by atoms with E-state index in [2.05, 4.69) is 0 Å². The van der Waals surface area contributed by atoms with Gasteiger partial charge in [0.05, 0.1) is 4.90 Å². The van der Waals surface area contributed by atoms with Crippen molar-refractivity contribution in [2.75, 3.05) is 0 Å². The van der Waals surface area contributed by atoms with Crippen molar-refractivity contribution < 1.29 is 59.8 Å². The summed E-state index contributed by atoms with van der Waals surface area (Å²) in [6.45, 7) is 4.10. The number of hydrogen-bond acceptors (Lipinski definition) is 2. The molecule has 0 fully saturated rings. The molecule has 0 atom stereocenters. The maximum Gasteiger partial charge on any atom is 1.00 e. The Morgan fingerprint density at radius 3 is 1.86 bits per heavy atom. The molecule has 0 radical (unpaired) electrons. The van der Waals surface area contributed by atoms with Crippen molar-refractivity contribution in [3.05, 3.63) is 29.8 Å². The first-order valence-corrected chi connectivity index (χ1v) is 5.58. The molecular weight excluding hydrogens is 225 g/mol. The summed E-state index contributed by atoms with van der Waals surface area (Å²) >= 11 is 0. The molecule has 0 aromatic heterocycles. The van der Waals surface area contributed by atoms with Crippen LogP contribution in [0.4, 0.5) is 0 Å². The van der Waals surface area contributed by atoms with Crippen LogP contribution < -0.4 is 56.5 Å². The smallest absolute Gasteiger partial charge is 0.225 e. The predicted octanol–water partition coefficient (Wildman–Crippen LogP) is -1.54. The van der Waals surface area contributed by atoms with E-state index in [1.54, 1.807) is 12.1 Å². The summed E-state index contributed by atoms with van der Waals surface area (Å²) in [6, 6.07) is 6.63. The van der Waals surface area contributed by atoms with Crippen LogP contribution in [-0.2, 0) is 10.0 Å². The van der Waals surface area contributed by atoms with Crippen LogP contribution in [0.3, 0.4) is 0 Å². The average Bonchev–Trinajstić information content (AvgIpc) is 2.03. The van der Waals surface area contributed by atoms with Crippen molar-refractivity contribution in [1.82, 2.24) is 0 Å². The average molecular weight is 238 g/mol. The molecule has 0 aliphatic heterocycles. The van der Waals surface area contributed by atoms with Gasteiger partial charge in [-0.3, -0.25) is 0 Å². The number of rotatable bonds is 2. The van der Waals surface area contributed by atoms with Crippen LogP contribution in [0.2, 0.25) is 0 Å². The number of sulfonamides is 1. The molecule has 0 aliphatic rings. The molecule has 1 aromatic rings. The minimum Gasteiger partial charge on any atom is -0.225 e. The fourth-order valence-corrected chi connectivity index (χ4v) is 1.56. The van der Waals surface area contributed by atoms with Crippen molar-refractivity contribution in [1.29, 1.82) is 0 Å². The first-order valence-electron chi connectivity index (χ1n) is 4.04. The van der Waals surface area contributed by atoms with Crippen molar-refractivity contribution in [2.24, 2.45) is 5.14 Å². The number of primary sulfonamides is 1. The van der Waals surface area contributed by atoms with Gasteiger partial charge in [0, 0.05) is 0 Å². The van der Waals surface area contributed by atoms with Gasteiger partial charge in [-0.05, 0) is 23.6 Å². The van der Waals surface area contributed by atoms with E-state index in [0.717, 1.165) is 5.56 Å². The maximum absolute atomic E-state index is 10.9. The van der Waals surface area contributed by atoms with E-state index in [9.17, 15) is 8.42 Å². The molecule has 0 unspecified atom stereocenters. The Bertz CT molecular complexity index is 384. The summed E-state index contributed by atoms with van der Waals surface area (Å²) in [7, 11) is -3.55. The SMILES string of the molecule is CC(C)c1ccc(S(N)(=O)=O)cc1.[K+]. The first-order chi connectivity index (χ1) is 5.91. The van der Waals surface area contributed by atoms with Gasteiger partial charge in [0.1, 0.15) is 0 Å². The molecule has 0 saturated carbocycles. The Hall–Kier alpha value is 0.766. The molecular formula is C9H13KNO2S+. The van der Waals surface area contributed by atoms with E-state index >= 15 is 0 Å². The van der Waals surface area contributed by atoms with Crippen molar-refractivity contribution >= 4 is 10.0 Å². The zero-order chi connectivity index (χ0) is 10.1. The predicted molar refractivity (Wildman–Crippen MR) is 51.9 cm³/mol. The van der Waals surface area contributed by atoms with Gasteiger partial charge in [0.15, 0.2) is 0 Å². The minimum atomic E-state index is -3.55. The molecule has 0 amide bonds. The zero-order valence-electron chi connectivity index (χ0n) is 8.69. The van der Waals surface area contributed by atoms with Gasteiger partial charge in [-0.15, -0.1) is 0 Å². The van der Waals surface area contributed by atoms with Crippen molar-refractivity contribution in [2.45, 2.75) is 24.7 Å². The van der Waals surface area contributed by atoms with E-state index in [0.29, 0.717) is 5.92 Å². The molecule has 0 aliphatic carbocycles. The van der Waals surface area contributed by atoms with Gasteiger partial charge in [0.2, 0.25) is 10.0 Å². The van der Waals surface area contributed by atoms with Crippen LogP contribution in [0.1, 0.15) is 25.3 Å². The van der Waals surface area contributed by atoms with Crippen molar-refractivity contribution in [3.8, 4) is 0 Å². The van der Waals surface area contributed by atoms with E-state index in [-0.39, 0.29) is 56.3 Å². The largest absolute Gasteiger partial charge is 1.00 e. The second kappa shape index (κ2) is 5.74. The summed E-state index contributed by atoms with van der Waals surface area (Å²) in [6.07, 6.45) is 0. The molecule has 1 rings (SSSR count). The topological polar surface area (TPSA) is 60.2 Å². The molecule has 0 spiro atoms. The molecule has 0 saturated heterocycles. The number of hydrogen-bond donors (Lipinski definition) is 1. The number of nitrogens with two attached hydrogens (primary N) is 1. The van der Waals surface area contributed by atoms with Gasteiger partial charge < -0.3 is 0 Å². The van der Waals surface area contributed by atoms with E-state index in [1.165, 1.54) is 12.1 Å². The van der Waals surface area contributed by atoms with Crippen LogP contribution in [0.15, 0.2) is 29.2 Å². The molecule has 5 heteroatoms. The third-order valence-corrected chi connectivity index (χ3v) is 2.80. The third kappa shape index (κ3) is 4.10. The Balaban J connectivity index is 0.00000169. The van der Waals surface area contributed by atoms with Gasteiger partial charge >= 0.3 is 51.4 Å². The standard InChI is InChI=1S/C9H13NO2S.K/c1-7(2)8-3-5-9(6-4-8)13(10,11)12;/h3-7H,1-2H3,(H2,10,11,12);/q;+1. The van der Waals surface area contributed by atoms with Crippen LogP contribution in [0.25, 0.3) is 0 Å². The Morgan fingerprint density at radius 1 is 1.14 bits per heavy atom. The van der Waals surface area contributed by atoms with E-state index in [4.69, 9.17) is 5.14 Å². The summed E-state index contributed by atoms with van der Waals surface area (Å²) in [5.41, 5.74) is 1.10. The fraction of sp³-hybridized carbons (Fsp3) is 0.333. The molecule has 0 bridgehead atoms. The summed E-state index contributed by atoms with van der Waals surface area (Å²) < 4.78 is 21.8. The Labute approximate surface area is 128 Å². The molecule has 72 valence electrons.